The minimum atomic E-state index is -0.339. The Kier molecular flexibility index (Phi) is 3.63. The summed E-state index contributed by atoms with van der Waals surface area (Å²) in [5.74, 6) is 0. The Hall–Kier alpha value is -1.46. The first kappa shape index (κ1) is 13.0. The molecule has 0 aliphatic rings. The van der Waals surface area contributed by atoms with Gasteiger partial charge < -0.3 is 5.73 Å². The van der Waals surface area contributed by atoms with Crippen molar-refractivity contribution in [3.63, 3.8) is 0 Å². The van der Waals surface area contributed by atoms with E-state index in [1.165, 1.54) is 0 Å². The fourth-order valence-electron chi connectivity index (χ4n) is 2.00. The smallest absolute Gasteiger partial charge is 0.0837 e. The highest BCUT2D eigenvalue weighted by molar-refractivity contribution is 6.31. The van der Waals surface area contributed by atoms with Gasteiger partial charge in [-0.2, -0.15) is 15.3 Å². The number of hydrogen-bond acceptors (Lipinski definition) is 4. The third-order valence-electron chi connectivity index (χ3n) is 2.93. The molecule has 0 saturated heterocycles. The maximum atomic E-state index is 6.29. The zero-order valence-corrected chi connectivity index (χ0v) is 11.4. The molecular weight excluding hydrogens is 250 g/mol. The lowest BCUT2D eigenvalue weighted by molar-refractivity contribution is 0.663. The quantitative estimate of drug-likeness (QED) is 0.918. The van der Waals surface area contributed by atoms with Crippen LogP contribution in [0.3, 0.4) is 0 Å². The van der Waals surface area contributed by atoms with Crippen LogP contribution < -0.4 is 5.73 Å². The summed E-state index contributed by atoms with van der Waals surface area (Å²) in [5.41, 5.74) is 9.78. The minimum absolute atomic E-state index is 0.339. The van der Waals surface area contributed by atoms with Crippen molar-refractivity contribution in [3.8, 4) is 0 Å². The molecule has 0 bridgehead atoms. The van der Waals surface area contributed by atoms with E-state index in [4.69, 9.17) is 17.3 Å². The van der Waals surface area contributed by atoms with Crippen LogP contribution in [0.1, 0.15) is 35.6 Å². The SMILES string of the molecule is CCc1nnc(C)cc1C(N)c1c(Cl)cnn1C. The summed E-state index contributed by atoms with van der Waals surface area (Å²) in [7, 11) is 1.83. The topological polar surface area (TPSA) is 69.6 Å². The highest BCUT2D eigenvalue weighted by Gasteiger charge is 2.20. The first-order chi connectivity index (χ1) is 8.54. The van der Waals surface area contributed by atoms with Crippen molar-refractivity contribution in [2.24, 2.45) is 12.8 Å². The van der Waals surface area contributed by atoms with E-state index < -0.39 is 0 Å². The van der Waals surface area contributed by atoms with Crippen LogP contribution in [-0.2, 0) is 13.5 Å². The molecule has 2 aromatic rings. The van der Waals surface area contributed by atoms with E-state index in [1.54, 1.807) is 10.9 Å². The molecule has 18 heavy (non-hydrogen) atoms. The molecule has 0 fully saturated rings. The number of nitrogens with zero attached hydrogens (tertiary/aromatic N) is 4. The van der Waals surface area contributed by atoms with Gasteiger partial charge in [0.05, 0.1) is 34.3 Å². The van der Waals surface area contributed by atoms with Crippen molar-refractivity contribution in [1.29, 1.82) is 0 Å². The normalized spacial score (nSPS) is 12.7. The minimum Gasteiger partial charge on any atom is -0.319 e. The Morgan fingerprint density at radius 2 is 2.17 bits per heavy atom. The Balaban J connectivity index is 2.51. The lowest BCUT2D eigenvalue weighted by atomic mass is 10.0. The number of hydrogen-bond donors (Lipinski definition) is 1. The predicted octanol–water partition coefficient (Wildman–Crippen LogP) is 1.78. The van der Waals surface area contributed by atoms with E-state index >= 15 is 0 Å². The Morgan fingerprint density at radius 1 is 1.44 bits per heavy atom. The summed E-state index contributed by atoms with van der Waals surface area (Å²) in [6.07, 6.45) is 2.38. The molecule has 0 aromatic carbocycles. The van der Waals surface area contributed by atoms with Crippen LogP contribution in [0.15, 0.2) is 12.3 Å². The first-order valence-corrected chi connectivity index (χ1v) is 6.18. The summed E-state index contributed by atoms with van der Waals surface area (Å²) in [4.78, 5) is 0. The van der Waals surface area contributed by atoms with Gasteiger partial charge in [0.1, 0.15) is 0 Å². The van der Waals surface area contributed by atoms with Gasteiger partial charge in [0.15, 0.2) is 0 Å². The van der Waals surface area contributed by atoms with Gasteiger partial charge in [0.2, 0.25) is 0 Å². The Labute approximate surface area is 111 Å². The van der Waals surface area contributed by atoms with Crippen molar-refractivity contribution in [2.75, 3.05) is 0 Å². The molecule has 1 unspecified atom stereocenters. The molecular formula is C12H16ClN5. The molecule has 96 valence electrons. The second kappa shape index (κ2) is 5.04. The van der Waals surface area contributed by atoms with Gasteiger partial charge in [-0.25, -0.2) is 0 Å². The monoisotopic (exact) mass is 265 g/mol. The van der Waals surface area contributed by atoms with E-state index in [9.17, 15) is 0 Å². The van der Waals surface area contributed by atoms with Gasteiger partial charge in [-0.15, -0.1) is 0 Å². The Bertz CT molecular complexity index is 544. The van der Waals surface area contributed by atoms with Crippen LogP contribution in [0.25, 0.3) is 0 Å². The standard InChI is InChI=1S/C12H16ClN5/c1-4-10-8(5-7(2)16-17-10)11(14)12-9(13)6-15-18(12)3/h5-6,11H,4,14H2,1-3H3. The third kappa shape index (κ3) is 2.23. The molecule has 2 N–H and O–H groups in total. The fraction of sp³-hybridized carbons (Fsp3) is 0.417. The highest BCUT2D eigenvalue weighted by Crippen LogP contribution is 2.27. The molecule has 0 amide bonds. The second-order valence-corrected chi connectivity index (χ2v) is 4.63. The maximum Gasteiger partial charge on any atom is 0.0837 e. The van der Waals surface area contributed by atoms with Crippen LogP contribution >= 0.6 is 11.6 Å². The largest absolute Gasteiger partial charge is 0.319 e. The summed E-state index contributed by atoms with van der Waals surface area (Å²) in [6.45, 7) is 3.92. The second-order valence-electron chi connectivity index (χ2n) is 4.22. The molecule has 1 atom stereocenters. The molecule has 0 radical (unpaired) electrons. The maximum absolute atomic E-state index is 6.29. The molecule has 0 saturated carbocycles. The third-order valence-corrected chi connectivity index (χ3v) is 3.22. The van der Waals surface area contributed by atoms with Gasteiger partial charge in [-0.1, -0.05) is 18.5 Å². The number of rotatable bonds is 3. The molecule has 0 aliphatic heterocycles. The number of nitrogens with two attached hydrogens (primary N) is 1. The molecule has 2 heterocycles. The fourth-order valence-corrected chi connectivity index (χ4v) is 2.28. The summed E-state index contributed by atoms with van der Waals surface area (Å²) in [5, 5.41) is 12.9. The van der Waals surface area contributed by atoms with E-state index in [-0.39, 0.29) is 6.04 Å². The van der Waals surface area contributed by atoms with Crippen molar-refractivity contribution in [1.82, 2.24) is 20.0 Å². The average Bonchev–Trinajstić information content (AvgIpc) is 2.68. The van der Waals surface area contributed by atoms with E-state index in [1.807, 2.05) is 27.0 Å². The van der Waals surface area contributed by atoms with Crippen LogP contribution in [0.2, 0.25) is 5.02 Å². The lowest BCUT2D eigenvalue weighted by Gasteiger charge is -2.16. The van der Waals surface area contributed by atoms with E-state index in [2.05, 4.69) is 15.3 Å². The van der Waals surface area contributed by atoms with Gasteiger partial charge in [0, 0.05) is 12.6 Å². The van der Waals surface area contributed by atoms with Crippen LogP contribution in [0, 0.1) is 6.92 Å². The van der Waals surface area contributed by atoms with Crippen molar-refractivity contribution in [3.05, 3.63) is 39.9 Å². The van der Waals surface area contributed by atoms with Crippen LogP contribution in [0.5, 0.6) is 0 Å². The molecule has 6 heteroatoms. The first-order valence-electron chi connectivity index (χ1n) is 5.80. The summed E-state index contributed by atoms with van der Waals surface area (Å²) in [6, 6.07) is 1.62. The number of aryl methyl sites for hydroxylation is 3. The van der Waals surface area contributed by atoms with Crippen molar-refractivity contribution in [2.45, 2.75) is 26.3 Å². The molecule has 0 spiro atoms. The molecule has 0 aliphatic carbocycles. The summed E-state index contributed by atoms with van der Waals surface area (Å²) >= 11 is 6.13. The number of halogens is 1. The van der Waals surface area contributed by atoms with Crippen molar-refractivity contribution < 1.29 is 0 Å². The van der Waals surface area contributed by atoms with Gasteiger partial charge in [-0.05, 0) is 19.4 Å². The highest BCUT2D eigenvalue weighted by atomic mass is 35.5. The van der Waals surface area contributed by atoms with Gasteiger partial charge in [0.25, 0.3) is 0 Å². The van der Waals surface area contributed by atoms with E-state index in [0.717, 1.165) is 29.1 Å². The lowest BCUT2D eigenvalue weighted by Crippen LogP contribution is -2.19. The molecule has 5 nitrogen and oxygen atoms in total. The van der Waals surface area contributed by atoms with Crippen LogP contribution in [-0.4, -0.2) is 20.0 Å². The Morgan fingerprint density at radius 3 is 2.72 bits per heavy atom. The molecule has 2 aromatic heterocycles. The number of aromatic nitrogens is 4. The van der Waals surface area contributed by atoms with Crippen LogP contribution in [0.4, 0.5) is 0 Å². The zero-order valence-electron chi connectivity index (χ0n) is 10.7. The van der Waals surface area contributed by atoms with Crippen molar-refractivity contribution >= 4 is 11.6 Å². The summed E-state index contributed by atoms with van der Waals surface area (Å²) < 4.78 is 1.70. The molecule has 2 rings (SSSR count). The average molecular weight is 266 g/mol. The predicted molar refractivity (Wildman–Crippen MR) is 70.4 cm³/mol. The zero-order chi connectivity index (χ0) is 13.3. The van der Waals surface area contributed by atoms with E-state index in [0.29, 0.717) is 5.02 Å². The van der Waals surface area contributed by atoms with Gasteiger partial charge >= 0.3 is 0 Å². The van der Waals surface area contributed by atoms with Gasteiger partial charge in [-0.3, -0.25) is 4.68 Å².